The number of anilines is 1. The molecule has 1 aliphatic carbocycles. The number of carbonyl (C=O) groups is 1. The van der Waals surface area contributed by atoms with Crippen LogP contribution in [0.25, 0.3) is 10.9 Å². The number of aromatic nitrogens is 2. The molecule has 2 aliphatic heterocycles. The van der Waals surface area contributed by atoms with Crippen LogP contribution in [0.15, 0.2) is 41.5 Å². The fraction of sp³-hybridized carbons (Fsp3) is 0.533. The Bertz CT molecular complexity index is 1250. The molecule has 3 aliphatic rings. The van der Waals surface area contributed by atoms with Gasteiger partial charge in [0, 0.05) is 48.9 Å². The Morgan fingerprint density at radius 2 is 1.92 bits per heavy atom. The van der Waals surface area contributed by atoms with E-state index >= 15 is 0 Å². The smallest absolute Gasteiger partial charge is 0.277 e. The largest absolute Gasteiger partial charge is 0.348 e. The number of benzene rings is 1. The molecular formula is C30H37N5OS. The van der Waals surface area contributed by atoms with Crippen LogP contribution >= 0.6 is 11.3 Å². The third-order valence-electron chi connectivity index (χ3n) is 8.45. The Labute approximate surface area is 223 Å². The molecule has 0 N–H and O–H groups in total. The lowest BCUT2D eigenvalue weighted by Gasteiger charge is -2.30. The van der Waals surface area contributed by atoms with Crippen molar-refractivity contribution in [3.63, 3.8) is 0 Å². The average Bonchev–Trinajstić information content (AvgIpc) is 3.39. The van der Waals surface area contributed by atoms with E-state index in [0.29, 0.717) is 11.5 Å². The summed E-state index contributed by atoms with van der Waals surface area (Å²) in [4.78, 5) is 33.2. The van der Waals surface area contributed by atoms with Crippen molar-refractivity contribution in [2.75, 3.05) is 31.1 Å². The molecule has 1 aromatic carbocycles. The van der Waals surface area contributed by atoms with Crippen LogP contribution in [0.4, 0.5) is 5.13 Å². The first-order chi connectivity index (χ1) is 18.2. The molecule has 6 nitrogen and oxygen atoms in total. The van der Waals surface area contributed by atoms with Crippen molar-refractivity contribution in [1.82, 2.24) is 14.9 Å². The molecule has 6 rings (SSSR count). The molecule has 1 saturated carbocycles. The number of hydrogen-bond acceptors (Lipinski definition) is 6. The van der Waals surface area contributed by atoms with Crippen LogP contribution in [0, 0.1) is 11.8 Å². The quantitative estimate of drug-likeness (QED) is 0.369. The van der Waals surface area contributed by atoms with E-state index < -0.39 is 0 Å². The summed E-state index contributed by atoms with van der Waals surface area (Å²) in [5.41, 5.74) is 2.82. The van der Waals surface area contributed by atoms with E-state index in [1.807, 2.05) is 47.9 Å². The van der Waals surface area contributed by atoms with Gasteiger partial charge in [-0.25, -0.2) is 9.98 Å². The summed E-state index contributed by atoms with van der Waals surface area (Å²) < 4.78 is 0. The molecule has 0 radical (unpaired) electrons. The summed E-state index contributed by atoms with van der Waals surface area (Å²) in [6.45, 7) is 5.72. The SMILES string of the molecule is O=C(N=CC1CCC(CCN2CCc3sc(N4CCCCC4)nc3C2)CC1)c1cccc2ncccc12. The first-order valence-electron chi connectivity index (χ1n) is 14.1. The van der Waals surface area contributed by atoms with Crippen LogP contribution < -0.4 is 4.90 Å². The van der Waals surface area contributed by atoms with Crippen molar-refractivity contribution < 1.29 is 4.79 Å². The van der Waals surface area contributed by atoms with Gasteiger partial charge in [0.25, 0.3) is 5.91 Å². The second-order valence-electron chi connectivity index (χ2n) is 11.0. The number of amides is 1. The summed E-state index contributed by atoms with van der Waals surface area (Å²) in [5.74, 6) is 1.04. The summed E-state index contributed by atoms with van der Waals surface area (Å²) in [6, 6.07) is 9.49. The Morgan fingerprint density at radius 1 is 1.05 bits per heavy atom. The highest BCUT2D eigenvalue weighted by atomic mass is 32.1. The lowest BCUT2D eigenvalue weighted by Crippen LogP contribution is -2.32. The molecule has 194 valence electrons. The number of nitrogens with zero attached hydrogens (tertiary/aromatic N) is 5. The van der Waals surface area contributed by atoms with Gasteiger partial charge < -0.3 is 4.90 Å². The van der Waals surface area contributed by atoms with Crippen molar-refractivity contribution in [2.24, 2.45) is 16.8 Å². The Kier molecular flexibility index (Phi) is 7.60. The predicted octanol–water partition coefficient (Wildman–Crippen LogP) is 6.15. The van der Waals surface area contributed by atoms with E-state index in [2.05, 4.69) is 19.8 Å². The van der Waals surface area contributed by atoms with Crippen LogP contribution in [0.1, 0.15) is 72.3 Å². The van der Waals surface area contributed by atoms with Gasteiger partial charge in [0.2, 0.25) is 0 Å². The summed E-state index contributed by atoms with van der Waals surface area (Å²) in [5, 5.41) is 2.14. The Balaban J connectivity index is 0.961. The minimum atomic E-state index is -0.157. The molecule has 7 heteroatoms. The third kappa shape index (κ3) is 5.78. The van der Waals surface area contributed by atoms with Crippen molar-refractivity contribution >= 4 is 39.5 Å². The molecule has 2 aromatic heterocycles. The standard InChI is InChI=1S/C30H37N5OS/c36-29(25-6-4-8-26-24(25)7-5-15-31-26)32-20-23-11-9-22(10-12-23)13-18-34-19-14-28-27(21-34)33-30(37-28)35-16-2-1-3-17-35/h4-8,15,20,22-23H,1-3,9-14,16-19,21H2. The number of hydrogen-bond donors (Lipinski definition) is 0. The summed E-state index contributed by atoms with van der Waals surface area (Å²) in [7, 11) is 0. The highest BCUT2D eigenvalue weighted by molar-refractivity contribution is 7.15. The lowest BCUT2D eigenvalue weighted by atomic mass is 9.81. The molecule has 0 atom stereocenters. The Hall–Kier alpha value is -2.64. The van der Waals surface area contributed by atoms with Crippen LogP contribution in [0.3, 0.4) is 0 Å². The Morgan fingerprint density at radius 3 is 2.78 bits per heavy atom. The molecule has 0 bridgehead atoms. The van der Waals surface area contributed by atoms with Gasteiger partial charge >= 0.3 is 0 Å². The van der Waals surface area contributed by atoms with Crippen LogP contribution in [0.5, 0.6) is 0 Å². The second-order valence-corrected chi connectivity index (χ2v) is 12.0. The minimum absolute atomic E-state index is 0.157. The number of pyridine rings is 1. The molecule has 3 aromatic rings. The summed E-state index contributed by atoms with van der Waals surface area (Å²) in [6.07, 6.45) is 14.8. The normalized spacial score (nSPS) is 23.0. The van der Waals surface area contributed by atoms with Crippen LogP contribution in [-0.4, -0.2) is 53.2 Å². The first kappa shape index (κ1) is 24.7. The lowest BCUT2D eigenvalue weighted by molar-refractivity contribution is 0.100. The molecule has 2 fully saturated rings. The number of fused-ring (bicyclic) bond motifs is 2. The van der Waals surface area contributed by atoms with Gasteiger partial charge in [-0.3, -0.25) is 14.7 Å². The van der Waals surface area contributed by atoms with Gasteiger partial charge in [0.05, 0.1) is 16.8 Å². The number of thiazole rings is 1. The average molecular weight is 516 g/mol. The number of aliphatic imine (C=N–C) groups is 1. The van der Waals surface area contributed by atoms with Gasteiger partial charge in [-0.2, -0.15) is 0 Å². The fourth-order valence-corrected chi connectivity index (χ4v) is 7.28. The maximum atomic E-state index is 12.8. The molecule has 1 saturated heterocycles. The topological polar surface area (TPSA) is 61.7 Å². The zero-order chi connectivity index (χ0) is 25.0. The van der Waals surface area contributed by atoms with E-state index in [0.717, 1.165) is 42.6 Å². The van der Waals surface area contributed by atoms with Crippen molar-refractivity contribution in [1.29, 1.82) is 0 Å². The first-order valence-corrected chi connectivity index (χ1v) is 14.9. The van der Waals surface area contributed by atoms with E-state index in [1.54, 1.807) is 6.20 Å². The summed E-state index contributed by atoms with van der Waals surface area (Å²) >= 11 is 1.94. The van der Waals surface area contributed by atoms with Gasteiger partial charge in [-0.1, -0.05) is 12.1 Å². The van der Waals surface area contributed by atoms with Crippen molar-refractivity contribution in [2.45, 2.75) is 64.3 Å². The predicted molar refractivity (Wildman–Crippen MR) is 152 cm³/mol. The van der Waals surface area contributed by atoms with E-state index in [4.69, 9.17) is 4.98 Å². The van der Waals surface area contributed by atoms with Gasteiger partial charge in [-0.15, -0.1) is 11.3 Å². The zero-order valence-corrected chi connectivity index (χ0v) is 22.5. The van der Waals surface area contributed by atoms with E-state index in [9.17, 15) is 4.79 Å². The number of rotatable bonds is 6. The number of carbonyl (C=O) groups excluding carboxylic acids is 1. The maximum absolute atomic E-state index is 12.8. The molecule has 37 heavy (non-hydrogen) atoms. The minimum Gasteiger partial charge on any atom is -0.348 e. The molecule has 0 spiro atoms. The van der Waals surface area contributed by atoms with Crippen LogP contribution in [0.2, 0.25) is 0 Å². The monoisotopic (exact) mass is 515 g/mol. The van der Waals surface area contributed by atoms with Crippen molar-refractivity contribution in [3.8, 4) is 0 Å². The van der Waals surface area contributed by atoms with Gasteiger partial charge in [-0.05, 0) is 94.4 Å². The molecule has 1 amide bonds. The molecule has 0 unspecified atom stereocenters. The molecule has 4 heterocycles. The zero-order valence-electron chi connectivity index (χ0n) is 21.6. The van der Waals surface area contributed by atoms with Gasteiger partial charge in [0.1, 0.15) is 0 Å². The third-order valence-corrected chi connectivity index (χ3v) is 9.66. The highest BCUT2D eigenvalue weighted by Gasteiger charge is 2.25. The van der Waals surface area contributed by atoms with Gasteiger partial charge in [0.15, 0.2) is 5.13 Å². The highest BCUT2D eigenvalue weighted by Crippen LogP contribution is 2.34. The van der Waals surface area contributed by atoms with Crippen LogP contribution in [-0.2, 0) is 13.0 Å². The fourth-order valence-electron chi connectivity index (χ4n) is 6.17. The maximum Gasteiger partial charge on any atom is 0.277 e. The van der Waals surface area contributed by atoms with Crippen molar-refractivity contribution in [3.05, 3.63) is 52.7 Å². The second kappa shape index (κ2) is 11.4. The van der Waals surface area contributed by atoms with E-state index in [-0.39, 0.29) is 5.91 Å². The molecular weight excluding hydrogens is 478 g/mol. The number of piperidine rings is 1. The van der Waals surface area contributed by atoms with E-state index in [1.165, 1.54) is 80.4 Å².